The summed E-state index contributed by atoms with van der Waals surface area (Å²) in [4.78, 5) is 28.9. The monoisotopic (exact) mass is 551 g/mol. The zero-order chi connectivity index (χ0) is 28.6. The van der Waals surface area contributed by atoms with Crippen LogP contribution in [-0.2, 0) is 18.4 Å². The van der Waals surface area contributed by atoms with Crippen LogP contribution in [-0.4, -0.2) is 29.9 Å². The van der Waals surface area contributed by atoms with Crippen LogP contribution in [0.15, 0.2) is 71.3 Å². The van der Waals surface area contributed by atoms with Gasteiger partial charge in [0.2, 0.25) is 0 Å². The maximum absolute atomic E-state index is 14.5. The Kier molecular flexibility index (Phi) is 7.12. The van der Waals surface area contributed by atoms with Gasteiger partial charge in [-0.25, -0.2) is 0 Å². The summed E-state index contributed by atoms with van der Waals surface area (Å²) >= 11 is 0. The Morgan fingerprint density at radius 1 is 0.902 bits per heavy atom. The van der Waals surface area contributed by atoms with E-state index in [1.165, 1.54) is 0 Å². The first kappa shape index (κ1) is 26.8. The Bertz CT molecular complexity index is 1580. The molecule has 7 nitrogen and oxygen atoms in total. The molecule has 0 amide bonds. The third-order valence-electron chi connectivity index (χ3n) is 8.38. The number of ether oxygens (including phenoxy) is 3. The summed E-state index contributed by atoms with van der Waals surface area (Å²) in [5, 5.41) is 4.10. The summed E-state index contributed by atoms with van der Waals surface area (Å²) in [6.45, 7) is 3.99. The Morgan fingerprint density at radius 2 is 1.66 bits per heavy atom. The Labute approximate surface area is 239 Å². The Morgan fingerprint density at radius 3 is 2.37 bits per heavy atom. The summed E-state index contributed by atoms with van der Waals surface area (Å²) in [6, 6.07) is 20.3. The molecule has 6 rings (SSSR count). The van der Waals surface area contributed by atoms with Crippen molar-refractivity contribution in [3.05, 3.63) is 106 Å². The number of hydrogen-bond acceptors (Lipinski definition) is 7. The van der Waals surface area contributed by atoms with Crippen LogP contribution in [0, 0.1) is 13.8 Å². The number of aryl methyl sites for hydroxylation is 2. The molecule has 0 spiro atoms. The largest absolute Gasteiger partial charge is 0.493 e. The second-order valence-electron chi connectivity index (χ2n) is 10.9. The lowest BCUT2D eigenvalue weighted by molar-refractivity contribution is 0.0792. The predicted octanol–water partition coefficient (Wildman–Crippen LogP) is 6.76. The summed E-state index contributed by atoms with van der Waals surface area (Å²) in [5.41, 5.74) is 2.18. The van der Waals surface area contributed by atoms with Crippen LogP contribution in [0.25, 0.3) is 0 Å². The molecule has 0 radical (unpaired) electrons. The third kappa shape index (κ3) is 4.79. The highest BCUT2D eigenvalue weighted by atomic mass is 16.5. The second kappa shape index (κ2) is 10.9. The highest BCUT2D eigenvalue weighted by molar-refractivity contribution is 6.33. The zero-order valence-electron chi connectivity index (χ0n) is 23.6. The van der Waals surface area contributed by atoms with E-state index in [9.17, 15) is 9.59 Å². The summed E-state index contributed by atoms with van der Waals surface area (Å²) in [6.07, 6.45) is 4.36. The molecule has 4 aromatic rings. The predicted molar refractivity (Wildman–Crippen MR) is 153 cm³/mol. The molecule has 1 atom stereocenters. The van der Waals surface area contributed by atoms with Crippen LogP contribution in [0.4, 0.5) is 0 Å². The molecule has 0 aliphatic heterocycles. The van der Waals surface area contributed by atoms with Gasteiger partial charge in [-0.05, 0) is 81.0 Å². The van der Waals surface area contributed by atoms with Gasteiger partial charge >= 0.3 is 0 Å². The molecule has 0 bridgehead atoms. The average molecular weight is 552 g/mol. The van der Waals surface area contributed by atoms with E-state index in [0.29, 0.717) is 52.0 Å². The Balaban J connectivity index is 1.42. The molecule has 0 saturated heterocycles. The van der Waals surface area contributed by atoms with Crippen molar-refractivity contribution in [3.8, 4) is 17.2 Å². The number of carbonyl (C=O) groups is 2. The first-order valence-electron chi connectivity index (χ1n) is 14.1. The maximum Gasteiger partial charge on any atom is 0.182 e. The van der Waals surface area contributed by atoms with Gasteiger partial charge in [-0.1, -0.05) is 41.6 Å². The van der Waals surface area contributed by atoms with Crippen molar-refractivity contribution in [1.29, 1.82) is 0 Å². The highest BCUT2D eigenvalue weighted by Gasteiger charge is 2.55. The molecule has 1 saturated carbocycles. The molecule has 3 aromatic carbocycles. The van der Waals surface area contributed by atoms with E-state index in [0.717, 1.165) is 36.8 Å². The van der Waals surface area contributed by atoms with E-state index in [2.05, 4.69) is 5.16 Å². The SMILES string of the molecule is COc1ccc(C2(Cc3c(C)noc3C)C(=O)c3ccc(OCc4ccccc4)cc3C2=O)cc1OC1CCCC1. The van der Waals surface area contributed by atoms with Crippen molar-refractivity contribution in [1.82, 2.24) is 5.16 Å². The van der Waals surface area contributed by atoms with Crippen molar-refractivity contribution < 1.29 is 28.3 Å². The average Bonchev–Trinajstić information content (AvgIpc) is 3.68. The highest BCUT2D eigenvalue weighted by Crippen LogP contribution is 2.46. The summed E-state index contributed by atoms with van der Waals surface area (Å²) in [5.74, 6) is 1.69. The van der Waals surface area contributed by atoms with E-state index in [-0.39, 0.29) is 24.1 Å². The first-order valence-corrected chi connectivity index (χ1v) is 14.1. The zero-order valence-corrected chi connectivity index (χ0v) is 23.6. The van der Waals surface area contributed by atoms with Gasteiger partial charge in [0.1, 0.15) is 23.5 Å². The van der Waals surface area contributed by atoms with Crippen LogP contribution < -0.4 is 14.2 Å². The summed E-state index contributed by atoms with van der Waals surface area (Å²) < 4.78 is 23.4. The van der Waals surface area contributed by atoms with Crippen molar-refractivity contribution in [2.45, 2.75) is 64.1 Å². The van der Waals surface area contributed by atoms with Gasteiger partial charge in [-0.15, -0.1) is 0 Å². The van der Waals surface area contributed by atoms with Gasteiger partial charge < -0.3 is 18.7 Å². The van der Waals surface area contributed by atoms with Gasteiger partial charge in [-0.2, -0.15) is 0 Å². The minimum absolute atomic E-state index is 0.0779. The molecular weight excluding hydrogens is 518 g/mol. The van der Waals surface area contributed by atoms with Crippen LogP contribution in [0.1, 0.15) is 74.5 Å². The molecule has 1 fully saturated rings. The van der Waals surface area contributed by atoms with Crippen LogP contribution in [0.3, 0.4) is 0 Å². The Hall–Kier alpha value is -4.39. The molecule has 2 aliphatic carbocycles. The molecule has 41 heavy (non-hydrogen) atoms. The van der Waals surface area contributed by atoms with Gasteiger partial charge in [0, 0.05) is 23.1 Å². The number of rotatable bonds is 9. The first-order chi connectivity index (χ1) is 19.9. The molecular formula is C34H33NO6. The minimum atomic E-state index is -1.51. The minimum Gasteiger partial charge on any atom is -0.493 e. The van der Waals surface area contributed by atoms with Crippen molar-refractivity contribution in [2.75, 3.05) is 7.11 Å². The quantitative estimate of drug-likeness (QED) is 0.212. The van der Waals surface area contributed by atoms with Gasteiger partial charge in [0.05, 0.1) is 18.9 Å². The second-order valence-corrected chi connectivity index (χ2v) is 10.9. The number of benzene rings is 3. The molecule has 210 valence electrons. The molecule has 7 heteroatoms. The van der Waals surface area contributed by atoms with E-state index in [1.807, 2.05) is 43.3 Å². The smallest absolute Gasteiger partial charge is 0.182 e. The van der Waals surface area contributed by atoms with E-state index in [1.54, 1.807) is 44.4 Å². The molecule has 2 aliphatic rings. The number of carbonyl (C=O) groups excluding carboxylic acids is 2. The van der Waals surface area contributed by atoms with E-state index >= 15 is 0 Å². The topological polar surface area (TPSA) is 87.9 Å². The van der Waals surface area contributed by atoms with E-state index in [4.69, 9.17) is 18.7 Å². The standard InChI is InChI=1S/C34H33NO6/c1-21-29(22(2)41-35-21)19-34(24-13-16-30(38-3)31(17-24)40-25-11-7-8-12-25)32(36)27-15-14-26(18-28(27)33(34)37)39-20-23-9-5-4-6-10-23/h4-6,9-10,13-18,25H,7-8,11-12,19-20H2,1-3H3. The van der Waals surface area contributed by atoms with Crippen molar-refractivity contribution >= 4 is 11.6 Å². The number of methoxy groups -OCH3 is 1. The fourth-order valence-corrected chi connectivity index (χ4v) is 6.07. The lowest BCUT2D eigenvalue weighted by Gasteiger charge is -2.28. The fourth-order valence-electron chi connectivity index (χ4n) is 6.07. The number of ketones is 2. The molecule has 0 N–H and O–H groups in total. The fraction of sp³-hybridized carbons (Fsp3) is 0.324. The molecule has 1 aromatic heterocycles. The van der Waals surface area contributed by atoms with Crippen LogP contribution in [0.2, 0.25) is 0 Å². The lowest BCUT2D eigenvalue weighted by Crippen LogP contribution is -2.41. The molecule has 1 unspecified atom stereocenters. The van der Waals surface area contributed by atoms with Crippen LogP contribution >= 0.6 is 0 Å². The number of fused-ring (bicyclic) bond motifs is 1. The number of hydrogen-bond donors (Lipinski definition) is 0. The van der Waals surface area contributed by atoms with Crippen molar-refractivity contribution in [3.63, 3.8) is 0 Å². The van der Waals surface area contributed by atoms with Gasteiger partial charge in [0.25, 0.3) is 0 Å². The van der Waals surface area contributed by atoms with Crippen molar-refractivity contribution in [2.24, 2.45) is 0 Å². The molecule has 1 heterocycles. The van der Waals surface area contributed by atoms with Gasteiger partial charge in [-0.3, -0.25) is 9.59 Å². The van der Waals surface area contributed by atoms with Gasteiger partial charge in [0.15, 0.2) is 23.1 Å². The normalized spacial score (nSPS) is 18.5. The lowest BCUT2D eigenvalue weighted by atomic mass is 9.71. The number of nitrogens with zero attached hydrogens (tertiary/aromatic N) is 1. The number of Topliss-reactive ketones (excluding diaryl/α,β-unsaturated/α-hetero) is 2. The third-order valence-corrected chi connectivity index (χ3v) is 8.38. The van der Waals surface area contributed by atoms with Crippen LogP contribution in [0.5, 0.6) is 17.2 Å². The maximum atomic E-state index is 14.5. The van der Waals surface area contributed by atoms with E-state index < -0.39 is 5.41 Å². The number of aromatic nitrogens is 1. The summed E-state index contributed by atoms with van der Waals surface area (Å²) in [7, 11) is 1.59.